The predicted molar refractivity (Wildman–Crippen MR) is 90.7 cm³/mol. The number of fused-ring (bicyclic) bond motifs is 1. The molecule has 1 aromatic heterocycles. The zero-order valence-electron chi connectivity index (χ0n) is 13.1. The Morgan fingerprint density at radius 1 is 1.48 bits per heavy atom. The van der Waals surface area contributed by atoms with Crippen LogP contribution in [0.15, 0.2) is 24.3 Å². The first-order valence-electron chi connectivity index (χ1n) is 8.06. The molecule has 1 saturated carbocycles. The van der Waals surface area contributed by atoms with Crippen molar-refractivity contribution in [3.8, 4) is 0 Å². The number of esters is 1. The quantitative estimate of drug-likeness (QED) is 0.753. The summed E-state index contributed by atoms with van der Waals surface area (Å²) in [6.07, 6.45) is 8.04. The average Bonchev–Trinajstić information content (AvgIpc) is 2.95. The Balaban J connectivity index is 1.67. The molecule has 1 heterocycles. The van der Waals surface area contributed by atoms with Crippen LogP contribution in [0, 0.1) is 17.7 Å². The number of benzene rings is 1. The van der Waals surface area contributed by atoms with Gasteiger partial charge in [0.1, 0.15) is 10.8 Å². The highest BCUT2D eigenvalue weighted by Crippen LogP contribution is 2.32. The van der Waals surface area contributed by atoms with Crippen LogP contribution in [-0.2, 0) is 9.53 Å². The molecule has 5 heteroatoms. The summed E-state index contributed by atoms with van der Waals surface area (Å²) < 4.78 is 19.3. The van der Waals surface area contributed by atoms with Gasteiger partial charge in [-0.1, -0.05) is 12.5 Å². The fourth-order valence-corrected chi connectivity index (χ4v) is 3.95. The monoisotopic (exact) mass is 333 g/mol. The number of halogens is 1. The molecule has 1 aliphatic rings. The van der Waals surface area contributed by atoms with E-state index in [1.807, 2.05) is 13.0 Å². The molecule has 0 radical (unpaired) electrons. The largest absolute Gasteiger partial charge is 0.466 e. The van der Waals surface area contributed by atoms with Crippen LogP contribution in [-0.4, -0.2) is 17.6 Å². The van der Waals surface area contributed by atoms with E-state index in [1.54, 1.807) is 17.4 Å². The average molecular weight is 333 g/mol. The van der Waals surface area contributed by atoms with Gasteiger partial charge in [-0.3, -0.25) is 4.79 Å². The van der Waals surface area contributed by atoms with Crippen LogP contribution in [0.1, 0.15) is 37.6 Å². The smallest absolute Gasteiger partial charge is 0.308 e. The first kappa shape index (κ1) is 16.1. The van der Waals surface area contributed by atoms with Crippen LogP contribution in [0.2, 0.25) is 0 Å². The molecule has 122 valence electrons. The molecule has 3 rings (SSSR count). The molecule has 23 heavy (non-hydrogen) atoms. The third kappa shape index (κ3) is 3.96. The Morgan fingerprint density at radius 3 is 3.17 bits per heavy atom. The molecule has 2 unspecified atom stereocenters. The number of ether oxygens (including phenoxy) is 1. The van der Waals surface area contributed by atoms with E-state index in [1.165, 1.54) is 12.1 Å². The van der Waals surface area contributed by atoms with Crippen LogP contribution in [0.4, 0.5) is 4.39 Å². The summed E-state index contributed by atoms with van der Waals surface area (Å²) in [4.78, 5) is 16.3. The second kappa shape index (κ2) is 7.21. The Kier molecular flexibility index (Phi) is 5.06. The van der Waals surface area contributed by atoms with E-state index in [0.717, 1.165) is 35.4 Å². The number of hydrogen-bond donors (Lipinski definition) is 0. The maximum atomic E-state index is 13.2. The fraction of sp³-hybridized carbons (Fsp3) is 0.444. The summed E-state index contributed by atoms with van der Waals surface area (Å²) in [6.45, 7) is 2.28. The van der Waals surface area contributed by atoms with Crippen LogP contribution < -0.4 is 0 Å². The van der Waals surface area contributed by atoms with Crippen LogP contribution >= 0.6 is 11.3 Å². The van der Waals surface area contributed by atoms with Gasteiger partial charge in [-0.25, -0.2) is 9.37 Å². The van der Waals surface area contributed by atoms with Crippen LogP contribution in [0.3, 0.4) is 0 Å². The number of thiazole rings is 1. The molecular weight excluding hydrogens is 313 g/mol. The minimum atomic E-state index is -0.261. The van der Waals surface area contributed by atoms with E-state index >= 15 is 0 Å². The Morgan fingerprint density at radius 2 is 2.35 bits per heavy atom. The number of carbonyl (C=O) groups is 1. The molecule has 0 saturated heterocycles. The molecular formula is C18H20FNO2S. The summed E-state index contributed by atoms with van der Waals surface area (Å²) in [5, 5.41) is 0.879. The third-order valence-corrected chi connectivity index (χ3v) is 5.21. The standard InChI is InChI=1S/C18H20FNO2S/c1-2-22-18(21)13-5-3-4-12(10-13)6-9-17-20-15-11-14(19)7-8-16(15)23-17/h6-9,11-13H,2-5,10H2,1H3. The van der Waals surface area contributed by atoms with Gasteiger partial charge in [0.05, 0.1) is 22.7 Å². The highest BCUT2D eigenvalue weighted by atomic mass is 32.1. The van der Waals surface area contributed by atoms with Gasteiger partial charge in [-0.2, -0.15) is 0 Å². The van der Waals surface area contributed by atoms with Crippen molar-refractivity contribution in [3.05, 3.63) is 35.1 Å². The zero-order chi connectivity index (χ0) is 16.2. The Hall–Kier alpha value is -1.75. The lowest BCUT2D eigenvalue weighted by atomic mass is 9.81. The van der Waals surface area contributed by atoms with Gasteiger partial charge in [0, 0.05) is 6.07 Å². The summed E-state index contributed by atoms with van der Waals surface area (Å²) in [5.41, 5.74) is 0.697. The number of carbonyl (C=O) groups excluding carboxylic acids is 1. The third-order valence-electron chi connectivity index (χ3n) is 4.21. The van der Waals surface area contributed by atoms with E-state index in [-0.39, 0.29) is 17.7 Å². The second-order valence-corrected chi connectivity index (χ2v) is 6.96. The van der Waals surface area contributed by atoms with E-state index in [2.05, 4.69) is 11.1 Å². The SMILES string of the molecule is CCOC(=O)C1CCCC(C=Cc2nc3cc(F)ccc3s2)C1. The molecule has 3 nitrogen and oxygen atoms in total. The lowest BCUT2D eigenvalue weighted by Crippen LogP contribution is -2.24. The van der Waals surface area contributed by atoms with Crippen LogP contribution in [0.25, 0.3) is 16.3 Å². The molecule has 1 aliphatic carbocycles. The number of nitrogens with zero attached hydrogens (tertiary/aromatic N) is 1. The maximum absolute atomic E-state index is 13.2. The lowest BCUT2D eigenvalue weighted by molar-refractivity contribution is -0.149. The zero-order valence-corrected chi connectivity index (χ0v) is 13.9. The highest BCUT2D eigenvalue weighted by molar-refractivity contribution is 7.19. The number of hydrogen-bond acceptors (Lipinski definition) is 4. The Labute approximate surface area is 139 Å². The van der Waals surface area contributed by atoms with Gasteiger partial charge in [0.25, 0.3) is 0 Å². The minimum Gasteiger partial charge on any atom is -0.466 e. The summed E-state index contributed by atoms with van der Waals surface area (Å²) in [7, 11) is 0. The molecule has 2 aromatic rings. The van der Waals surface area contributed by atoms with Crippen molar-refractivity contribution in [3.63, 3.8) is 0 Å². The van der Waals surface area contributed by atoms with Crippen molar-refractivity contribution in [2.75, 3.05) is 6.61 Å². The van der Waals surface area contributed by atoms with Crippen molar-refractivity contribution in [2.24, 2.45) is 11.8 Å². The van der Waals surface area contributed by atoms with Crippen molar-refractivity contribution in [2.45, 2.75) is 32.6 Å². The molecule has 0 spiro atoms. The molecule has 0 amide bonds. The molecule has 0 bridgehead atoms. The first-order chi connectivity index (χ1) is 11.2. The van der Waals surface area contributed by atoms with Gasteiger partial charge in [0.15, 0.2) is 0 Å². The molecule has 1 aromatic carbocycles. The summed E-state index contributed by atoms with van der Waals surface area (Å²) in [6, 6.07) is 4.68. The van der Waals surface area contributed by atoms with Gasteiger partial charge < -0.3 is 4.74 Å². The van der Waals surface area contributed by atoms with E-state index in [9.17, 15) is 9.18 Å². The number of rotatable bonds is 4. The van der Waals surface area contributed by atoms with Gasteiger partial charge in [-0.15, -0.1) is 11.3 Å². The molecule has 1 fully saturated rings. The minimum absolute atomic E-state index is 0.0165. The van der Waals surface area contributed by atoms with Crippen molar-refractivity contribution in [1.82, 2.24) is 4.98 Å². The topological polar surface area (TPSA) is 39.2 Å². The van der Waals surface area contributed by atoms with E-state index < -0.39 is 0 Å². The summed E-state index contributed by atoms with van der Waals surface area (Å²) in [5.74, 6) is 0.0636. The molecule has 0 N–H and O–H groups in total. The maximum Gasteiger partial charge on any atom is 0.308 e. The van der Waals surface area contributed by atoms with Gasteiger partial charge >= 0.3 is 5.97 Å². The van der Waals surface area contributed by atoms with Crippen molar-refractivity contribution >= 4 is 33.6 Å². The normalized spacial score (nSPS) is 21.8. The predicted octanol–water partition coefficient (Wildman–Crippen LogP) is 4.82. The fourth-order valence-electron chi connectivity index (χ4n) is 3.08. The lowest BCUT2D eigenvalue weighted by Gasteiger charge is -2.25. The molecule has 2 atom stereocenters. The van der Waals surface area contributed by atoms with Crippen molar-refractivity contribution < 1.29 is 13.9 Å². The highest BCUT2D eigenvalue weighted by Gasteiger charge is 2.26. The van der Waals surface area contributed by atoms with Gasteiger partial charge in [0.2, 0.25) is 0 Å². The Bertz CT molecular complexity index is 725. The van der Waals surface area contributed by atoms with E-state index in [0.29, 0.717) is 18.0 Å². The second-order valence-electron chi connectivity index (χ2n) is 5.90. The number of aromatic nitrogens is 1. The van der Waals surface area contributed by atoms with E-state index in [4.69, 9.17) is 4.74 Å². The summed E-state index contributed by atoms with van der Waals surface area (Å²) >= 11 is 1.55. The first-order valence-corrected chi connectivity index (χ1v) is 8.88. The number of allylic oxidation sites excluding steroid dienone is 1. The van der Waals surface area contributed by atoms with Crippen LogP contribution in [0.5, 0.6) is 0 Å². The van der Waals surface area contributed by atoms with Crippen molar-refractivity contribution in [1.29, 1.82) is 0 Å². The van der Waals surface area contributed by atoms with Gasteiger partial charge in [-0.05, 0) is 50.3 Å². The molecule has 0 aliphatic heterocycles.